The maximum absolute atomic E-state index is 13.1. The molecule has 1 atom stereocenters. The van der Waals surface area contributed by atoms with Crippen molar-refractivity contribution in [3.8, 4) is 0 Å². The maximum atomic E-state index is 13.1. The second-order valence-corrected chi connectivity index (χ2v) is 7.72. The molecule has 0 radical (unpaired) electrons. The van der Waals surface area contributed by atoms with Crippen LogP contribution >= 0.6 is 0 Å². The van der Waals surface area contributed by atoms with Crippen molar-refractivity contribution in [2.45, 2.75) is 46.7 Å². The van der Waals surface area contributed by atoms with Crippen molar-refractivity contribution in [1.29, 1.82) is 0 Å². The molecule has 0 saturated heterocycles. The van der Waals surface area contributed by atoms with E-state index in [0.29, 0.717) is 0 Å². The van der Waals surface area contributed by atoms with E-state index >= 15 is 0 Å². The second-order valence-electron chi connectivity index (χ2n) is 7.72. The Morgan fingerprint density at radius 3 is 2.52 bits per heavy atom. The minimum absolute atomic E-state index is 0.0102. The molecule has 0 aliphatic carbocycles. The number of anilines is 1. The first kappa shape index (κ1) is 20.8. The number of hydrogen-bond acceptors (Lipinski definition) is 2. The lowest BCUT2D eigenvalue weighted by Gasteiger charge is -2.17. The van der Waals surface area contributed by atoms with Crippen LogP contribution in [0.3, 0.4) is 0 Å². The topological polar surface area (TPSA) is 63.5 Å². The number of hydrogen-bond donors (Lipinski definition) is 2. The lowest BCUT2D eigenvalue weighted by Crippen LogP contribution is -2.87. The summed E-state index contributed by atoms with van der Waals surface area (Å²) in [4.78, 5) is 13.1. The molecule has 3 aromatic rings. The van der Waals surface area contributed by atoms with Gasteiger partial charge in [-0.3, -0.25) is 9.48 Å². The first-order valence-electron chi connectivity index (χ1n) is 10.2. The summed E-state index contributed by atoms with van der Waals surface area (Å²) in [5.41, 5.74) is 6.32. The molecule has 0 unspecified atom stereocenters. The number of rotatable bonds is 8. The van der Waals surface area contributed by atoms with E-state index < -0.39 is 0 Å². The molecular weight excluding hydrogens is 360 g/mol. The van der Waals surface area contributed by atoms with Crippen LogP contribution in [0.5, 0.6) is 0 Å². The van der Waals surface area contributed by atoms with Crippen molar-refractivity contribution in [1.82, 2.24) is 9.78 Å². The number of quaternary nitrogens is 1. The highest BCUT2D eigenvalue weighted by Crippen LogP contribution is 2.18. The van der Waals surface area contributed by atoms with Gasteiger partial charge in [0.25, 0.3) is 5.91 Å². The monoisotopic (exact) mass is 391 g/mol. The van der Waals surface area contributed by atoms with Crippen LogP contribution in [-0.4, -0.2) is 22.2 Å². The fraction of sp³-hybridized carbons (Fsp3) is 0.333. The van der Waals surface area contributed by atoms with E-state index in [1.165, 1.54) is 5.69 Å². The summed E-state index contributed by atoms with van der Waals surface area (Å²) in [7, 11) is 0. The smallest absolute Gasteiger partial charge is 0.287 e. The highest BCUT2D eigenvalue weighted by molar-refractivity contribution is 5.95. The van der Waals surface area contributed by atoms with E-state index in [9.17, 15) is 4.79 Å². The zero-order chi connectivity index (χ0) is 20.8. The molecule has 0 bridgehead atoms. The van der Waals surface area contributed by atoms with Crippen molar-refractivity contribution in [3.05, 3.63) is 82.7 Å². The third kappa shape index (κ3) is 5.55. The summed E-state index contributed by atoms with van der Waals surface area (Å²) >= 11 is 0. The van der Waals surface area contributed by atoms with Gasteiger partial charge in [-0.25, -0.2) is 0 Å². The third-order valence-electron chi connectivity index (χ3n) is 5.17. The minimum Gasteiger partial charge on any atom is -0.332 e. The van der Waals surface area contributed by atoms with Gasteiger partial charge in [0.2, 0.25) is 0 Å². The lowest BCUT2D eigenvalue weighted by atomic mass is 10.0. The molecule has 2 aromatic carbocycles. The Hall–Kier alpha value is -2.92. The van der Waals surface area contributed by atoms with Crippen LogP contribution in [0.4, 0.5) is 5.69 Å². The molecule has 5 heteroatoms. The Bertz CT molecular complexity index is 962. The summed E-state index contributed by atoms with van der Waals surface area (Å²) in [5, 5.41) is 9.78. The number of nitrogens with one attached hydrogen (secondary N) is 1. The molecule has 0 aliphatic rings. The molecule has 1 amide bonds. The molecule has 1 aromatic heterocycles. The Balaban J connectivity index is 1.67. The van der Waals surface area contributed by atoms with Gasteiger partial charge in [-0.15, -0.1) is 0 Å². The zero-order valence-electron chi connectivity index (χ0n) is 17.8. The van der Waals surface area contributed by atoms with Crippen molar-refractivity contribution in [3.63, 3.8) is 0 Å². The summed E-state index contributed by atoms with van der Waals surface area (Å²) in [6.07, 6.45) is 0.946. The van der Waals surface area contributed by atoms with Gasteiger partial charge in [-0.1, -0.05) is 42.5 Å². The standard InChI is InChI=1S/C24H30N4O/c1-17-11-12-18(2)22(15-17)26-24(29)23(21-9-6-5-7-10-21)25-13-8-14-28-20(4)16-19(3)27-28/h5-7,9-12,15-16,23,25H,8,13-14H2,1-4H3,(H,26,29)/p+1/t23-/m1/s1. The van der Waals surface area contributed by atoms with Crippen molar-refractivity contribution >= 4 is 11.6 Å². The van der Waals surface area contributed by atoms with Crippen LogP contribution in [0.2, 0.25) is 0 Å². The molecular formula is C24H31N4O+. The van der Waals surface area contributed by atoms with Crippen molar-refractivity contribution in [2.24, 2.45) is 0 Å². The van der Waals surface area contributed by atoms with Crippen LogP contribution in [-0.2, 0) is 11.3 Å². The third-order valence-corrected chi connectivity index (χ3v) is 5.17. The van der Waals surface area contributed by atoms with Gasteiger partial charge in [0.05, 0.1) is 12.2 Å². The molecule has 0 saturated carbocycles. The molecule has 0 spiro atoms. The first-order chi connectivity index (χ1) is 13.9. The highest BCUT2D eigenvalue weighted by atomic mass is 16.2. The second kappa shape index (κ2) is 9.52. The van der Waals surface area contributed by atoms with E-state index in [1.807, 2.05) is 67.9 Å². The Morgan fingerprint density at radius 1 is 1.07 bits per heavy atom. The van der Waals surface area contributed by atoms with E-state index in [-0.39, 0.29) is 11.9 Å². The number of carbonyl (C=O) groups is 1. The van der Waals surface area contributed by atoms with Crippen LogP contribution in [0.25, 0.3) is 0 Å². The molecule has 152 valence electrons. The van der Waals surface area contributed by atoms with Gasteiger partial charge in [0.15, 0.2) is 6.04 Å². The van der Waals surface area contributed by atoms with E-state index in [2.05, 4.69) is 34.8 Å². The fourth-order valence-electron chi connectivity index (χ4n) is 3.56. The first-order valence-corrected chi connectivity index (χ1v) is 10.2. The van der Waals surface area contributed by atoms with Crippen LogP contribution in [0.15, 0.2) is 54.6 Å². The number of aromatic nitrogens is 2. The average Bonchev–Trinajstić information content (AvgIpc) is 3.02. The number of benzene rings is 2. The Labute approximate surface area is 173 Å². The summed E-state index contributed by atoms with van der Waals surface area (Å²) in [6.45, 7) is 9.85. The minimum atomic E-state index is -0.281. The van der Waals surface area contributed by atoms with E-state index in [4.69, 9.17) is 0 Å². The maximum Gasteiger partial charge on any atom is 0.287 e. The Kier molecular flexibility index (Phi) is 6.83. The SMILES string of the molecule is Cc1ccc(C)c(NC(=O)[C@H]([NH2+]CCCn2nc(C)cc2C)c2ccccc2)c1. The molecule has 0 aliphatic heterocycles. The van der Waals surface area contributed by atoms with Gasteiger partial charge >= 0.3 is 0 Å². The van der Waals surface area contributed by atoms with E-state index in [0.717, 1.165) is 47.6 Å². The van der Waals surface area contributed by atoms with Gasteiger partial charge in [0, 0.05) is 29.9 Å². The number of aryl methyl sites for hydroxylation is 5. The van der Waals surface area contributed by atoms with Crippen LogP contribution in [0, 0.1) is 27.7 Å². The fourth-order valence-corrected chi connectivity index (χ4v) is 3.56. The van der Waals surface area contributed by atoms with Crippen molar-refractivity contribution < 1.29 is 10.1 Å². The normalized spacial score (nSPS) is 12.0. The van der Waals surface area contributed by atoms with Gasteiger partial charge in [0.1, 0.15) is 0 Å². The van der Waals surface area contributed by atoms with E-state index in [1.54, 1.807) is 0 Å². The average molecular weight is 392 g/mol. The molecule has 29 heavy (non-hydrogen) atoms. The Morgan fingerprint density at radius 2 is 1.83 bits per heavy atom. The predicted molar refractivity (Wildman–Crippen MR) is 117 cm³/mol. The van der Waals surface area contributed by atoms with Gasteiger partial charge in [-0.2, -0.15) is 5.10 Å². The largest absolute Gasteiger partial charge is 0.332 e. The van der Waals surface area contributed by atoms with Gasteiger partial charge in [-0.05, 0) is 51.0 Å². The number of carbonyl (C=O) groups excluding carboxylic acids is 1. The number of nitrogens with two attached hydrogens (primary N) is 1. The summed E-state index contributed by atoms with van der Waals surface area (Å²) < 4.78 is 2.04. The zero-order valence-corrected chi connectivity index (χ0v) is 17.8. The quantitative estimate of drug-likeness (QED) is 0.578. The number of amides is 1. The molecule has 3 rings (SSSR count). The summed E-state index contributed by atoms with van der Waals surface area (Å²) in [6, 6.07) is 17.9. The molecule has 1 heterocycles. The highest BCUT2D eigenvalue weighted by Gasteiger charge is 2.24. The predicted octanol–water partition coefficient (Wildman–Crippen LogP) is 3.45. The summed E-state index contributed by atoms with van der Waals surface area (Å²) in [5.74, 6) is 0.0102. The number of nitrogens with zero attached hydrogens (tertiary/aromatic N) is 2. The molecule has 5 nitrogen and oxygen atoms in total. The van der Waals surface area contributed by atoms with Crippen LogP contribution < -0.4 is 10.6 Å². The van der Waals surface area contributed by atoms with Crippen molar-refractivity contribution in [2.75, 3.05) is 11.9 Å². The lowest BCUT2D eigenvalue weighted by molar-refractivity contribution is -0.682. The molecule has 0 fully saturated rings. The van der Waals surface area contributed by atoms with Gasteiger partial charge < -0.3 is 10.6 Å². The van der Waals surface area contributed by atoms with Crippen LogP contribution in [0.1, 0.15) is 40.5 Å². The molecule has 3 N–H and O–H groups in total.